The number of amides is 1. The van der Waals surface area contributed by atoms with Gasteiger partial charge in [0.05, 0.1) is 24.8 Å². The molecule has 0 saturated carbocycles. The van der Waals surface area contributed by atoms with Crippen molar-refractivity contribution in [2.75, 3.05) is 18.1 Å². The topological polar surface area (TPSA) is 111 Å². The zero-order chi connectivity index (χ0) is 32.4. The van der Waals surface area contributed by atoms with E-state index in [2.05, 4.69) is 34.5 Å². The number of carbonyl (C=O) groups is 2. The molecule has 3 heterocycles. The Balaban J connectivity index is 1.42. The number of ketones is 1. The van der Waals surface area contributed by atoms with Crippen LogP contribution in [-0.2, 0) is 21.8 Å². The minimum atomic E-state index is -0.981. The van der Waals surface area contributed by atoms with Crippen LogP contribution in [0, 0.1) is 6.92 Å². The molecule has 3 aromatic carbocycles. The lowest BCUT2D eigenvalue weighted by molar-refractivity contribution is -0.132. The highest BCUT2D eigenvalue weighted by atomic mass is 32.2. The number of ether oxygens (including phenoxy) is 3. The van der Waals surface area contributed by atoms with Crippen molar-refractivity contribution < 1.29 is 28.9 Å². The number of Topliss-reactive ketones (excluding diaryl/α,β-unsaturated/α-hetero) is 1. The Bertz CT molecular complexity index is 1800. The van der Waals surface area contributed by atoms with Crippen molar-refractivity contribution in [2.24, 2.45) is 0 Å². The summed E-state index contributed by atoms with van der Waals surface area (Å²) in [6.07, 6.45) is 1.51. The summed E-state index contributed by atoms with van der Waals surface area (Å²) in [4.78, 5) is 28.9. The predicted octanol–water partition coefficient (Wildman–Crippen LogP) is 7.28. The maximum atomic E-state index is 13.8. The average Bonchev–Trinajstić information content (AvgIpc) is 3.74. The van der Waals surface area contributed by atoms with Crippen LogP contribution in [0.2, 0.25) is 0 Å². The first-order valence-electron chi connectivity index (χ1n) is 15.3. The first-order chi connectivity index (χ1) is 22.3. The zero-order valence-corrected chi connectivity index (χ0v) is 27.7. The number of benzene rings is 3. The van der Waals surface area contributed by atoms with Gasteiger partial charge in [0.1, 0.15) is 17.6 Å². The monoisotopic (exact) mass is 657 g/mol. The smallest absolute Gasteiger partial charge is 0.301 e. The van der Waals surface area contributed by atoms with Gasteiger partial charge in [0.15, 0.2) is 15.8 Å². The van der Waals surface area contributed by atoms with E-state index >= 15 is 0 Å². The number of aliphatic hydroxyl groups is 1. The lowest BCUT2D eigenvalue weighted by Gasteiger charge is -2.23. The van der Waals surface area contributed by atoms with E-state index in [-0.39, 0.29) is 22.6 Å². The minimum absolute atomic E-state index is 0.0129. The van der Waals surface area contributed by atoms with E-state index in [1.807, 2.05) is 33.8 Å². The fourth-order valence-electron chi connectivity index (χ4n) is 5.55. The Morgan fingerprint density at radius 3 is 2.61 bits per heavy atom. The maximum absolute atomic E-state index is 13.8. The molecule has 0 radical (unpaired) electrons. The van der Waals surface area contributed by atoms with Crippen molar-refractivity contribution >= 4 is 45.7 Å². The molecule has 0 unspecified atom stereocenters. The third-order valence-electron chi connectivity index (χ3n) is 7.74. The molecule has 46 heavy (non-hydrogen) atoms. The van der Waals surface area contributed by atoms with Gasteiger partial charge in [0.2, 0.25) is 5.13 Å². The SMILES string of the molecule is CCCOc1ccc([C@H]2/C(=C(\O)c3ccc4c(c3)C[C@@H](C)O4)C(=O)C(=O)N2c2nnc(SCc3ccc(C)cc3)s2)cc1OCC. The van der Waals surface area contributed by atoms with Crippen LogP contribution in [-0.4, -0.2) is 46.3 Å². The van der Waals surface area contributed by atoms with Crippen molar-refractivity contribution in [3.8, 4) is 17.2 Å². The Hall–Kier alpha value is -4.35. The van der Waals surface area contributed by atoms with Gasteiger partial charge >= 0.3 is 5.91 Å². The predicted molar refractivity (Wildman–Crippen MR) is 179 cm³/mol. The van der Waals surface area contributed by atoms with Crippen LogP contribution < -0.4 is 19.1 Å². The molecule has 1 N–H and O–H groups in total. The molecule has 6 rings (SSSR count). The lowest BCUT2D eigenvalue weighted by Crippen LogP contribution is -2.29. The number of aromatic nitrogens is 2. The number of hydrogen-bond acceptors (Lipinski definition) is 10. The molecule has 11 heteroatoms. The van der Waals surface area contributed by atoms with Gasteiger partial charge in [-0.1, -0.05) is 65.9 Å². The number of hydrogen-bond donors (Lipinski definition) is 1. The van der Waals surface area contributed by atoms with E-state index in [1.54, 1.807) is 30.3 Å². The zero-order valence-electron chi connectivity index (χ0n) is 26.1. The Morgan fingerprint density at radius 2 is 1.85 bits per heavy atom. The van der Waals surface area contributed by atoms with Gasteiger partial charge in [0, 0.05) is 17.7 Å². The van der Waals surface area contributed by atoms with Crippen LogP contribution in [0.5, 0.6) is 17.2 Å². The average molecular weight is 658 g/mol. The molecule has 238 valence electrons. The summed E-state index contributed by atoms with van der Waals surface area (Å²) < 4.78 is 18.3. The number of rotatable bonds is 11. The van der Waals surface area contributed by atoms with Gasteiger partial charge in [-0.2, -0.15) is 0 Å². The van der Waals surface area contributed by atoms with Gasteiger partial charge in [-0.25, -0.2) is 0 Å². The fourth-order valence-corrected chi connectivity index (χ4v) is 7.38. The second-order valence-electron chi connectivity index (χ2n) is 11.2. The van der Waals surface area contributed by atoms with Crippen molar-refractivity contribution in [2.45, 2.75) is 62.8 Å². The second-order valence-corrected chi connectivity index (χ2v) is 13.4. The van der Waals surface area contributed by atoms with E-state index in [1.165, 1.54) is 33.6 Å². The van der Waals surface area contributed by atoms with Gasteiger partial charge in [0.25, 0.3) is 5.78 Å². The van der Waals surface area contributed by atoms with E-state index in [9.17, 15) is 14.7 Å². The molecule has 1 aromatic heterocycles. The summed E-state index contributed by atoms with van der Waals surface area (Å²) in [5.74, 6) is 0.596. The number of fused-ring (bicyclic) bond motifs is 1. The summed E-state index contributed by atoms with van der Waals surface area (Å²) in [5, 5.41) is 20.7. The molecular formula is C35H35N3O6S2. The van der Waals surface area contributed by atoms with Crippen LogP contribution in [0.15, 0.2) is 70.6 Å². The minimum Gasteiger partial charge on any atom is -0.507 e. The second kappa shape index (κ2) is 13.6. The first-order valence-corrected chi connectivity index (χ1v) is 17.1. The van der Waals surface area contributed by atoms with Crippen molar-refractivity contribution in [3.63, 3.8) is 0 Å². The third kappa shape index (κ3) is 6.34. The molecule has 2 atom stereocenters. The van der Waals surface area contributed by atoms with E-state index < -0.39 is 17.7 Å². The van der Waals surface area contributed by atoms with Crippen LogP contribution in [0.4, 0.5) is 5.13 Å². The third-order valence-corrected chi connectivity index (χ3v) is 9.87. The highest BCUT2D eigenvalue weighted by Crippen LogP contribution is 2.46. The van der Waals surface area contributed by atoms with E-state index in [0.29, 0.717) is 52.4 Å². The summed E-state index contributed by atoms with van der Waals surface area (Å²) in [6, 6.07) is 17.9. The number of nitrogens with zero attached hydrogens (tertiary/aromatic N) is 3. The van der Waals surface area contributed by atoms with Gasteiger partial charge in [-0.15, -0.1) is 10.2 Å². The van der Waals surface area contributed by atoms with Crippen LogP contribution in [0.25, 0.3) is 5.76 Å². The van der Waals surface area contributed by atoms with Crippen LogP contribution in [0.3, 0.4) is 0 Å². The molecule has 1 saturated heterocycles. The van der Waals surface area contributed by atoms with Crippen LogP contribution >= 0.6 is 23.1 Å². The standard InChI is InChI=1S/C35H35N3O6S2/c1-5-15-43-27-14-11-23(18-28(27)42-6-2)30-29(31(39)24-12-13-26-25(17-24)16-21(4)44-26)32(40)33(41)38(30)34-36-37-35(46-34)45-19-22-9-7-20(3)8-10-22/h7-14,17-18,21,30,39H,5-6,15-16,19H2,1-4H3/b31-29+/t21-,30+/m1/s1. The number of thioether (sulfide) groups is 1. The lowest BCUT2D eigenvalue weighted by atomic mass is 9.94. The van der Waals surface area contributed by atoms with E-state index in [0.717, 1.165) is 23.3 Å². The fraction of sp³-hybridized carbons (Fsp3) is 0.314. The van der Waals surface area contributed by atoms with Gasteiger partial charge < -0.3 is 19.3 Å². The molecule has 0 spiro atoms. The molecule has 0 aliphatic carbocycles. The molecule has 1 fully saturated rings. The molecule has 1 amide bonds. The molecular weight excluding hydrogens is 623 g/mol. The Morgan fingerprint density at radius 1 is 1.04 bits per heavy atom. The van der Waals surface area contributed by atoms with Crippen molar-refractivity contribution in [1.82, 2.24) is 10.2 Å². The Labute approximate surface area is 276 Å². The van der Waals surface area contributed by atoms with Crippen molar-refractivity contribution in [1.29, 1.82) is 0 Å². The normalized spacial score (nSPS) is 18.5. The molecule has 4 aromatic rings. The molecule has 2 aliphatic rings. The van der Waals surface area contributed by atoms with E-state index in [4.69, 9.17) is 14.2 Å². The highest BCUT2D eigenvalue weighted by molar-refractivity contribution is 8.00. The van der Waals surface area contributed by atoms with Crippen LogP contribution in [0.1, 0.15) is 61.1 Å². The number of anilines is 1. The number of aliphatic hydroxyl groups excluding tert-OH is 1. The largest absolute Gasteiger partial charge is 0.507 e. The van der Waals surface area contributed by atoms with Gasteiger partial charge in [-0.3, -0.25) is 14.5 Å². The van der Waals surface area contributed by atoms with Gasteiger partial charge in [-0.05, 0) is 74.2 Å². The quantitative estimate of drug-likeness (QED) is 0.0585. The number of aryl methyl sites for hydroxylation is 1. The summed E-state index contributed by atoms with van der Waals surface area (Å²) in [6.45, 7) is 8.80. The molecule has 0 bridgehead atoms. The van der Waals surface area contributed by atoms with Crippen molar-refractivity contribution in [3.05, 3.63) is 94.1 Å². The molecule has 2 aliphatic heterocycles. The maximum Gasteiger partial charge on any atom is 0.301 e. The number of carbonyl (C=O) groups excluding carboxylic acids is 2. The summed E-state index contributed by atoms with van der Waals surface area (Å²) >= 11 is 2.73. The summed E-state index contributed by atoms with van der Waals surface area (Å²) in [7, 11) is 0. The first kappa shape index (κ1) is 31.6. The highest BCUT2D eigenvalue weighted by Gasteiger charge is 2.48. The Kier molecular flexibility index (Phi) is 9.32. The summed E-state index contributed by atoms with van der Waals surface area (Å²) in [5.41, 5.74) is 4.20. The molecule has 9 nitrogen and oxygen atoms in total.